The molecule has 0 amide bonds. The molecule has 0 bridgehead atoms. The molecule has 15 rings (SSSR count). The van der Waals surface area contributed by atoms with Crippen molar-refractivity contribution in [2.24, 2.45) is 0 Å². The summed E-state index contributed by atoms with van der Waals surface area (Å²) in [5.41, 5.74) is 13.1. The highest BCUT2D eigenvalue weighted by atomic mass is 15.0. The molecule has 0 aliphatic rings. The zero-order valence-electron chi connectivity index (χ0n) is 31.6. The molecule has 15 aromatic rings. The predicted molar refractivity (Wildman–Crippen MR) is 248 cm³/mol. The standard InChI is InChI=1S/C55H30N4/c1-2-15-34(16-3-1)57-44-23-10-8-19-37(44)42-28-33(25-26-46(42)57)41-27-31-13-4-7-18-36(31)49-39-21-12-22-40-51-50-43-29-32-14-5-6-17-35(32)48-38-20-9-11-24-45(38)58(54(43)48)47(50)30-56-55(51)59(52(39)40)53(41)49/h1-30H. The zero-order chi connectivity index (χ0) is 38.1. The molecule has 9 aromatic carbocycles. The fourth-order valence-corrected chi connectivity index (χ4v) is 11.2. The van der Waals surface area contributed by atoms with Gasteiger partial charge in [-0.2, -0.15) is 0 Å². The van der Waals surface area contributed by atoms with Crippen LogP contribution < -0.4 is 0 Å². The van der Waals surface area contributed by atoms with Crippen molar-refractivity contribution in [3.05, 3.63) is 182 Å². The van der Waals surface area contributed by atoms with Gasteiger partial charge in [-0.15, -0.1) is 0 Å². The van der Waals surface area contributed by atoms with Gasteiger partial charge in [0.15, 0.2) is 0 Å². The molecule has 0 saturated carbocycles. The second kappa shape index (κ2) is 10.5. The maximum atomic E-state index is 5.50. The average Bonchev–Trinajstić information content (AvgIpc) is 4.09. The molecule has 0 aliphatic carbocycles. The van der Waals surface area contributed by atoms with E-state index in [1.807, 2.05) is 0 Å². The molecule has 0 N–H and O–H groups in total. The molecular weight excluding hydrogens is 717 g/mol. The van der Waals surface area contributed by atoms with Gasteiger partial charge in [-0.3, -0.25) is 4.40 Å². The summed E-state index contributed by atoms with van der Waals surface area (Å²) in [5.74, 6) is 0. The van der Waals surface area contributed by atoms with Crippen molar-refractivity contribution in [2.45, 2.75) is 0 Å². The number of aromatic nitrogens is 4. The summed E-state index contributed by atoms with van der Waals surface area (Å²) in [6.07, 6.45) is 2.14. The van der Waals surface area contributed by atoms with E-state index in [4.69, 9.17) is 4.98 Å². The Labute approximate surface area is 335 Å². The molecule has 4 nitrogen and oxygen atoms in total. The average molecular weight is 747 g/mol. The van der Waals surface area contributed by atoms with Gasteiger partial charge in [0.05, 0.1) is 44.8 Å². The molecule has 0 unspecified atom stereocenters. The first kappa shape index (κ1) is 30.2. The Kier molecular flexibility index (Phi) is 5.38. The minimum absolute atomic E-state index is 1.000. The second-order valence-electron chi connectivity index (χ2n) is 16.3. The summed E-state index contributed by atoms with van der Waals surface area (Å²) in [6.45, 7) is 0. The molecule has 0 fully saturated rings. The van der Waals surface area contributed by atoms with Gasteiger partial charge in [0.1, 0.15) is 5.65 Å². The summed E-state index contributed by atoms with van der Waals surface area (Å²) in [6, 6.07) is 64.9. The molecular formula is C55H30N4. The lowest BCUT2D eigenvalue weighted by molar-refractivity contribution is 1.18. The molecule has 270 valence electrons. The number of pyridine rings is 1. The van der Waals surface area contributed by atoms with Crippen LogP contribution in [0.3, 0.4) is 0 Å². The third-order valence-corrected chi connectivity index (χ3v) is 13.5. The fourth-order valence-electron chi connectivity index (χ4n) is 11.2. The number of hydrogen-bond acceptors (Lipinski definition) is 1. The van der Waals surface area contributed by atoms with Crippen LogP contribution in [0.1, 0.15) is 0 Å². The van der Waals surface area contributed by atoms with Crippen molar-refractivity contribution in [3.63, 3.8) is 0 Å². The van der Waals surface area contributed by atoms with Crippen LogP contribution in [0.4, 0.5) is 0 Å². The van der Waals surface area contributed by atoms with E-state index in [-0.39, 0.29) is 0 Å². The second-order valence-corrected chi connectivity index (χ2v) is 16.3. The maximum absolute atomic E-state index is 5.50. The van der Waals surface area contributed by atoms with E-state index in [2.05, 4.69) is 195 Å². The Morgan fingerprint density at radius 3 is 1.78 bits per heavy atom. The molecule has 0 atom stereocenters. The minimum Gasteiger partial charge on any atom is -0.309 e. The smallest absolute Gasteiger partial charge is 0.146 e. The first-order valence-electron chi connectivity index (χ1n) is 20.4. The largest absolute Gasteiger partial charge is 0.309 e. The molecule has 0 radical (unpaired) electrons. The van der Waals surface area contributed by atoms with Crippen molar-refractivity contribution in [1.82, 2.24) is 18.4 Å². The normalized spacial score (nSPS) is 12.7. The predicted octanol–water partition coefficient (Wildman–Crippen LogP) is 14.5. The summed E-state index contributed by atoms with van der Waals surface area (Å²) in [7, 11) is 0. The van der Waals surface area contributed by atoms with Crippen LogP contribution in [0.15, 0.2) is 182 Å². The third kappa shape index (κ3) is 3.56. The molecule has 6 heterocycles. The van der Waals surface area contributed by atoms with Gasteiger partial charge in [-0.1, -0.05) is 127 Å². The van der Waals surface area contributed by atoms with Crippen LogP contribution >= 0.6 is 0 Å². The van der Waals surface area contributed by atoms with Crippen LogP contribution in [0.5, 0.6) is 0 Å². The summed E-state index contributed by atoms with van der Waals surface area (Å²) >= 11 is 0. The van der Waals surface area contributed by atoms with Gasteiger partial charge in [0.25, 0.3) is 0 Å². The van der Waals surface area contributed by atoms with Crippen molar-refractivity contribution in [3.8, 4) is 16.8 Å². The number of para-hydroxylation sites is 4. The number of nitrogens with zero attached hydrogens (tertiary/aromatic N) is 4. The molecule has 0 saturated heterocycles. The zero-order valence-corrected chi connectivity index (χ0v) is 31.6. The van der Waals surface area contributed by atoms with E-state index < -0.39 is 0 Å². The van der Waals surface area contributed by atoms with E-state index in [1.165, 1.54) is 120 Å². The monoisotopic (exact) mass is 746 g/mol. The Hall–Kier alpha value is -7.95. The van der Waals surface area contributed by atoms with Crippen LogP contribution in [0, 0.1) is 0 Å². The van der Waals surface area contributed by atoms with Crippen LogP contribution in [0.25, 0.3) is 136 Å². The van der Waals surface area contributed by atoms with E-state index in [0.29, 0.717) is 0 Å². The number of rotatable bonds is 2. The van der Waals surface area contributed by atoms with Gasteiger partial charge in [-0.05, 0) is 75.6 Å². The number of fused-ring (bicyclic) bond motifs is 20. The first-order chi connectivity index (χ1) is 29.3. The van der Waals surface area contributed by atoms with Gasteiger partial charge < -0.3 is 8.97 Å². The lowest BCUT2D eigenvalue weighted by Crippen LogP contribution is -1.93. The molecule has 4 heteroatoms. The quantitative estimate of drug-likeness (QED) is 0.173. The molecule has 6 aromatic heterocycles. The third-order valence-electron chi connectivity index (χ3n) is 13.5. The molecule has 59 heavy (non-hydrogen) atoms. The minimum atomic E-state index is 1.000. The highest BCUT2D eigenvalue weighted by molar-refractivity contribution is 6.39. The van der Waals surface area contributed by atoms with Crippen molar-refractivity contribution >= 4 is 120 Å². The van der Waals surface area contributed by atoms with Gasteiger partial charge in [0.2, 0.25) is 0 Å². The van der Waals surface area contributed by atoms with E-state index >= 15 is 0 Å². The van der Waals surface area contributed by atoms with Crippen molar-refractivity contribution < 1.29 is 0 Å². The Morgan fingerprint density at radius 2 is 0.966 bits per heavy atom. The maximum Gasteiger partial charge on any atom is 0.146 e. The van der Waals surface area contributed by atoms with Crippen LogP contribution in [-0.4, -0.2) is 18.4 Å². The van der Waals surface area contributed by atoms with Gasteiger partial charge >= 0.3 is 0 Å². The fraction of sp³-hybridized carbons (Fsp3) is 0. The van der Waals surface area contributed by atoms with Gasteiger partial charge in [0, 0.05) is 65.1 Å². The van der Waals surface area contributed by atoms with Gasteiger partial charge in [-0.25, -0.2) is 4.98 Å². The van der Waals surface area contributed by atoms with Crippen molar-refractivity contribution in [1.29, 1.82) is 0 Å². The summed E-state index contributed by atoms with van der Waals surface area (Å²) in [5, 5.41) is 17.7. The van der Waals surface area contributed by atoms with Crippen LogP contribution in [-0.2, 0) is 0 Å². The number of hydrogen-bond donors (Lipinski definition) is 0. The SMILES string of the molecule is c1ccc(-n2c3ccccc3c3cc(-c4cc5ccccc5c5c6cccc7c8c9c%10cc%11ccccc%11c%11c%12ccccc%12n(c9cnc8n(c45)c76)c%10%11)ccc32)cc1. The lowest BCUT2D eigenvalue weighted by atomic mass is 9.94. The first-order valence-corrected chi connectivity index (χ1v) is 20.4. The molecule has 0 spiro atoms. The molecule has 0 aliphatic heterocycles. The summed E-state index contributed by atoms with van der Waals surface area (Å²) < 4.78 is 7.37. The van der Waals surface area contributed by atoms with E-state index in [1.54, 1.807) is 0 Å². The van der Waals surface area contributed by atoms with E-state index in [0.717, 1.165) is 16.9 Å². The topological polar surface area (TPSA) is 26.6 Å². The van der Waals surface area contributed by atoms with Crippen molar-refractivity contribution in [2.75, 3.05) is 0 Å². The Bertz CT molecular complexity index is 4300. The number of benzene rings is 9. The van der Waals surface area contributed by atoms with Crippen LogP contribution in [0.2, 0.25) is 0 Å². The Morgan fingerprint density at radius 1 is 0.339 bits per heavy atom. The lowest BCUT2D eigenvalue weighted by Gasteiger charge is -2.11. The van der Waals surface area contributed by atoms with E-state index in [9.17, 15) is 0 Å². The Balaban J connectivity index is 1.13. The summed E-state index contributed by atoms with van der Waals surface area (Å²) in [4.78, 5) is 5.50. The highest BCUT2D eigenvalue weighted by Crippen LogP contribution is 2.50. The highest BCUT2D eigenvalue weighted by Gasteiger charge is 2.27.